The van der Waals surface area contributed by atoms with E-state index >= 15 is 0 Å². The van der Waals surface area contributed by atoms with Crippen molar-refractivity contribution in [2.75, 3.05) is 25.2 Å². The normalized spacial score (nSPS) is 12.1. The number of benzene rings is 1. The molecule has 1 aromatic heterocycles. The van der Waals surface area contributed by atoms with Crippen molar-refractivity contribution in [3.63, 3.8) is 0 Å². The predicted molar refractivity (Wildman–Crippen MR) is 131 cm³/mol. The quantitative estimate of drug-likeness (QED) is 0.231. The van der Waals surface area contributed by atoms with Crippen LogP contribution in [0.15, 0.2) is 35.7 Å². The number of nitrogens with zero attached hydrogens (tertiary/aromatic N) is 1. The zero-order chi connectivity index (χ0) is 21.4. The fourth-order valence-electron chi connectivity index (χ4n) is 3.33. The van der Waals surface area contributed by atoms with Crippen LogP contribution in [0.5, 0.6) is 0 Å². The van der Waals surface area contributed by atoms with Gasteiger partial charge < -0.3 is 10.1 Å². The lowest BCUT2D eigenvalue weighted by atomic mass is 10.0. The van der Waals surface area contributed by atoms with Gasteiger partial charge in [0.1, 0.15) is 0 Å². The van der Waals surface area contributed by atoms with E-state index in [-0.39, 0.29) is 8.76 Å². The summed E-state index contributed by atoms with van der Waals surface area (Å²) in [5.74, 6) is 0.741. The first kappa shape index (κ1) is 24.5. The van der Waals surface area contributed by atoms with Gasteiger partial charge >= 0.3 is 0 Å². The van der Waals surface area contributed by atoms with E-state index < -0.39 is 0 Å². The molecule has 2 aromatic rings. The molecule has 1 amide bonds. The highest BCUT2D eigenvalue weighted by Gasteiger charge is 2.08. The van der Waals surface area contributed by atoms with Crippen molar-refractivity contribution < 1.29 is 12.4 Å². The molecule has 0 fully saturated rings. The molecule has 0 spiro atoms. The van der Waals surface area contributed by atoms with Crippen LogP contribution in [0.3, 0.4) is 0 Å². The van der Waals surface area contributed by atoms with Crippen molar-refractivity contribution in [1.82, 2.24) is 10.3 Å². The Bertz CT molecular complexity index is 716. The molecular weight excluding hydrogens is 394 g/mol. The minimum Gasteiger partial charge on any atom is -0.366 e. The first-order valence-electron chi connectivity index (χ1n) is 11.3. The molecule has 0 aliphatic heterocycles. The molecule has 0 aliphatic carbocycles. The lowest BCUT2D eigenvalue weighted by molar-refractivity contribution is -0.116. The van der Waals surface area contributed by atoms with E-state index in [0.717, 1.165) is 50.1 Å². The number of anilines is 1. The molecule has 170 valence electrons. The SMILES string of the molecule is CCCC(CC)COCNCCCCCCC(=O)Nc1nc(-c2ccccc2)cs1.[HH].[HH]. The number of unbranched alkanes of at least 4 members (excludes halogenated alkanes) is 3. The average molecular weight is 436 g/mol. The number of aromatic nitrogens is 1. The van der Waals surface area contributed by atoms with Crippen LogP contribution >= 0.6 is 11.3 Å². The maximum atomic E-state index is 12.1. The van der Waals surface area contributed by atoms with Gasteiger partial charge in [0.2, 0.25) is 5.91 Å². The zero-order valence-electron chi connectivity index (χ0n) is 18.5. The Morgan fingerprint density at radius 3 is 2.73 bits per heavy atom. The average Bonchev–Trinajstić information content (AvgIpc) is 3.23. The third-order valence-electron chi connectivity index (χ3n) is 5.16. The number of hydrogen-bond donors (Lipinski definition) is 2. The molecule has 2 N–H and O–H groups in total. The number of ether oxygens (including phenoxy) is 1. The molecule has 5 nitrogen and oxygen atoms in total. The molecule has 0 bridgehead atoms. The minimum atomic E-state index is 0. The van der Waals surface area contributed by atoms with E-state index in [9.17, 15) is 4.79 Å². The van der Waals surface area contributed by atoms with E-state index in [4.69, 9.17) is 4.74 Å². The highest BCUT2D eigenvalue weighted by Crippen LogP contribution is 2.24. The zero-order valence-corrected chi connectivity index (χ0v) is 19.3. The van der Waals surface area contributed by atoms with Gasteiger partial charge in [0.05, 0.1) is 19.0 Å². The molecule has 6 heteroatoms. The molecule has 1 atom stereocenters. The van der Waals surface area contributed by atoms with Gasteiger partial charge in [-0.05, 0) is 31.7 Å². The Hall–Kier alpha value is -1.76. The number of amides is 1. The van der Waals surface area contributed by atoms with Gasteiger partial charge in [0.15, 0.2) is 5.13 Å². The summed E-state index contributed by atoms with van der Waals surface area (Å²) in [6.45, 7) is 6.93. The highest BCUT2D eigenvalue weighted by molar-refractivity contribution is 7.14. The molecular formula is C24H41N3O2S. The van der Waals surface area contributed by atoms with Crippen LogP contribution in [0.1, 0.15) is 68.1 Å². The third-order valence-corrected chi connectivity index (χ3v) is 5.92. The molecule has 1 aromatic carbocycles. The summed E-state index contributed by atoms with van der Waals surface area (Å²) in [6, 6.07) is 10.0. The molecule has 30 heavy (non-hydrogen) atoms. The van der Waals surface area contributed by atoms with Gasteiger partial charge in [0, 0.05) is 20.2 Å². The Labute approximate surface area is 188 Å². The molecule has 0 aliphatic rings. The van der Waals surface area contributed by atoms with Gasteiger partial charge in [-0.3, -0.25) is 10.1 Å². The van der Waals surface area contributed by atoms with Gasteiger partial charge in [-0.1, -0.05) is 69.9 Å². The monoisotopic (exact) mass is 435 g/mol. The van der Waals surface area contributed by atoms with Crippen molar-refractivity contribution in [3.05, 3.63) is 35.7 Å². The van der Waals surface area contributed by atoms with Crippen LogP contribution in [0.4, 0.5) is 5.13 Å². The molecule has 1 heterocycles. The fourth-order valence-corrected chi connectivity index (χ4v) is 4.06. The van der Waals surface area contributed by atoms with Crippen LogP contribution in [0, 0.1) is 5.92 Å². The molecule has 1 unspecified atom stereocenters. The van der Waals surface area contributed by atoms with Crippen LogP contribution in [-0.4, -0.2) is 30.8 Å². The number of rotatable bonds is 16. The number of carbonyl (C=O) groups is 1. The fraction of sp³-hybridized carbons (Fsp3) is 0.583. The van der Waals surface area contributed by atoms with Crippen LogP contribution in [0.2, 0.25) is 0 Å². The standard InChI is InChI=1S/C24H37N3O2S.2H2/c1-3-12-20(4-2)17-29-19-25-16-11-6-5-10-15-23(28)27-24-26-22(18-30-24)21-13-8-7-9-14-21;;/h7-9,13-14,18,20,25H,3-6,10-12,15-17,19H2,1-2H3,(H,26,27,28);2*1H. The summed E-state index contributed by atoms with van der Waals surface area (Å²) in [6.07, 6.45) is 8.44. The van der Waals surface area contributed by atoms with E-state index in [1.165, 1.54) is 30.6 Å². The van der Waals surface area contributed by atoms with Crippen molar-refractivity contribution >= 4 is 22.4 Å². The maximum Gasteiger partial charge on any atom is 0.226 e. The van der Waals surface area contributed by atoms with Crippen molar-refractivity contribution in [2.45, 2.75) is 65.2 Å². The topological polar surface area (TPSA) is 63.2 Å². The smallest absolute Gasteiger partial charge is 0.226 e. The Morgan fingerprint density at radius 2 is 1.97 bits per heavy atom. The Balaban J connectivity index is 0.00000480. The predicted octanol–water partition coefficient (Wildman–Crippen LogP) is 6.58. The van der Waals surface area contributed by atoms with Gasteiger partial charge in [-0.2, -0.15) is 0 Å². The van der Waals surface area contributed by atoms with Crippen LogP contribution in [-0.2, 0) is 9.53 Å². The summed E-state index contributed by atoms with van der Waals surface area (Å²) in [7, 11) is 0. The summed E-state index contributed by atoms with van der Waals surface area (Å²) in [4.78, 5) is 16.6. The summed E-state index contributed by atoms with van der Waals surface area (Å²) < 4.78 is 5.72. The van der Waals surface area contributed by atoms with Gasteiger partial charge in [-0.25, -0.2) is 4.98 Å². The summed E-state index contributed by atoms with van der Waals surface area (Å²) in [5, 5.41) is 8.92. The summed E-state index contributed by atoms with van der Waals surface area (Å²) >= 11 is 1.47. The Kier molecular flexibility index (Phi) is 12.3. The van der Waals surface area contributed by atoms with Gasteiger partial charge in [-0.15, -0.1) is 11.3 Å². The second-order valence-electron chi connectivity index (χ2n) is 7.69. The maximum absolute atomic E-state index is 12.1. The lowest BCUT2D eigenvalue weighted by Crippen LogP contribution is -2.21. The van der Waals surface area contributed by atoms with Crippen molar-refractivity contribution in [3.8, 4) is 11.3 Å². The first-order valence-corrected chi connectivity index (χ1v) is 12.2. The van der Waals surface area contributed by atoms with E-state index in [0.29, 0.717) is 24.2 Å². The number of carbonyl (C=O) groups excluding carboxylic acids is 1. The number of hydrogen-bond acceptors (Lipinski definition) is 5. The molecule has 0 radical (unpaired) electrons. The van der Waals surface area contributed by atoms with E-state index in [1.807, 2.05) is 35.7 Å². The largest absolute Gasteiger partial charge is 0.366 e. The number of thiazole rings is 1. The van der Waals surface area contributed by atoms with Crippen LogP contribution in [0.25, 0.3) is 11.3 Å². The van der Waals surface area contributed by atoms with Crippen LogP contribution < -0.4 is 10.6 Å². The molecule has 0 saturated carbocycles. The van der Waals surface area contributed by atoms with E-state index in [2.05, 4.69) is 29.5 Å². The highest BCUT2D eigenvalue weighted by atomic mass is 32.1. The van der Waals surface area contributed by atoms with E-state index in [1.54, 1.807) is 0 Å². The second-order valence-corrected chi connectivity index (χ2v) is 8.55. The third kappa shape index (κ3) is 9.83. The second kappa shape index (κ2) is 15.1. The number of nitrogens with one attached hydrogen (secondary N) is 2. The molecule has 0 saturated heterocycles. The minimum absolute atomic E-state index is 0. The lowest BCUT2D eigenvalue weighted by Gasteiger charge is -2.14. The van der Waals surface area contributed by atoms with Crippen molar-refractivity contribution in [2.24, 2.45) is 5.92 Å². The van der Waals surface area contributed by atoms with Gasteiger partial charge in [0.25, 0.3) is 0 Å². The Morgan fingerprint density at radius 1 is 1.17 bits per heavy atom. The first-order chi connectivity index (χ1) is 14.7. The molecule has 2 rings (SSSR count). The summed E-state index contributed by atoms with van der Waals surface area (Å²) in [5.41, 5.74) is 1.97. The van der Waals surface area contributed by atoms with Crippen molar-refractivity contribution in [1.29, 1.82) is 0 Å².